The molecule has 4 fully saturated rings. The van der Waals surface area contributed by atoms with Crippen LogP contribution in [0.3, 0.4) is 0 Å². The molecule has 0 radical (unpaired) electrons. The fourth-order valence-electron chi connectivity index (χ4n) is 8.32. The van der Waals surface area contributed by atoms with E-state index in [1.165, 1.54) is 0 Å². The molecule has 0 heterocycles. The molecule has 0 bridgehead atoms. The maximum atomic E-state index is 14.6. The Morgan fingerprint density at radius 1 is 1.00 bits per heavy atom. The third-order valence-corrected chi connectivity index (χ3v) is 10.6. The maximum absolute atomic E-state index is 14.6. The third-order valence-electron chi connectivity index (χ3n) is 10.6. The lowest BCUT2D eigenvalue weighted by Crippen LogP contribution is -2.79. The van der Waals surface area contributed by atoms with Crippen LogP contribution in [0.2, 0.25) is 0 Å². The maximum Gasteiger partial charge on any atom is 0.339 e. The van der Waals surface area contributed by atoms with Crippen molar-refractivity contribution >= 4 is 11.8 Å². The van der Waals surface area contributed by atoms with Gasteiger partial charge in [0.05, 0.1) is 29.8 Å². The molecule has 0 spiro atoms. The second-order valence-electron chi connectivity index (χ2n) is 12.2. The van der Waals surface area contributed by atoms with Gasteiger partial charge in [0.15, 0.2) is 11.4 Å². The minimum atomic E-state index is -1.62. The number of aliphatic hydroxyl groups excluding tert-OH is 3. The first-order valence-corrected chi connectivity index (χ1v) is 12.2. The second-order valence-corrected chi connectivity index (χ2v) is 12.2. The number of esters is 1. The van der Waals surface area contributed by atoms with Crippen LogP contribution in [0.1, 0.15) is 64.2 Å². The van der Waals surface area contributed by atoms with Gasteiger partial charge < -0.3 is 20.1 Å². The Morgan fingerprint density at radius 2 is 1.64 bits per heavy atom. The van der Waals surface area contributed by atoms with Crippen LogP contribution in [0.5, 0.6) is 0 Å². The number of rotatable bonds is 2. The number of hydrogen-bond donors (Lipinski definition) is 3. The average Bonchev–Trinajstić information content (AvgIpc) is 3.04. The van der Waals surface area contributed by atoms with Crippen LogP contribution < -0.4 is 0 Å². The molecule has 0 aliphatic heterocycles. The Labute approximate surface area is 195 Å². The summed E-state index contributed by atoms with van der Waals surface area (Å²) in [6.45, 7) is 9.67. The number of aliphatic hydroxyl groups is 3. The highest BCUT2D eigenvalue weighted by Crippen LogP contribution is 2.74. The van der Waals surface area contributed by atoms with Crippen LogP contribution in [0.25, 0.3) is 0 Å². The van der Waals surface area contributed by atoms with E-state index >= 15 is 0 Å². The van der Waals surface area contributed by atoms with Crippen molar-refractivity contribution in [3.63, 3.8) is 0 Å². The Bertz CT molecular complexity index is 990. The molecule has 180 valence electrons. The van der Waals surface area contributed by atoms with E-state index in [2.05, 4.69) is 0 Å². The van der Waals surface area contributed by atoms with Crippen molar-refractivity contribution in [2.24, 2.45) is 39.9 Å². The molecular formula is C27H36O6. The Balaban J connectivity index is 1.64. The molecule has 6 heteroatoms. The second kappa shape index (κ2) is 6.89. The summed E-state index contributed by atoms with van der Waals surface area (Å²) in [5.41, 5.74) is -3.52. The summed E-state index contributed by atoms with van der Waals surface area (Å²) in [5.74, 6) is -2.27. The Hall–Kier alpha value is -1.76. The Kier molecular flexibility index (Phi) is 4.81. The van der Waals surface area contributed by atoms with E-state index in [9.17, 15) is 24.9 Å². The van der Waals surface area contributed by atoms with Crippen LogP contribution in [0, 0.1) is 39.9 Å². The van der Waals surface area contributed by atoms with Gasteiger partial charge in [-0.25, -0.2) is 4.79 Å². The smallest absolute Gasteiger partial charge is 0.339 e. The summed E-state index contributed by atoms with van der Waals surface area (Å²) in [4.78, 5) is 27.8. The number of Topliss-reactive ketones (excluding diaryl/α,β-unsaturated/α-hetero) is 1. The van der Waals surface area contributed by atoms with Gasteiger partial charge in [-0.1, -0.05) is 52.8 Å². The summed E-state index contributed by atoms with van der Waals surface area (Å²) in [7, 11) is 0. The van der Waals surface area contributed by atoms with Crippen molar-refractivity contribution in [1.29, 1.82) is 0 Å². The van der Waals surface area contributed by atoms with Gasteiger partial charge in [-0.05, 0) is 48.6 Å². The SMILES string of the molecule is C[C@@H]1C[C@]2(OC(=O)c3ccccc3)C(=O)[C@@]3(C)[C@@H]4[C@@H](O)C(C)(C)[C@H]4CC[C@@]3(C)[C@H](O)[C@H]2[C@H]1O. The lowest BCUT2D eigenvalue weighted by molar-refractivity contribution is -0.293. The first kappa shape index (κ1) is 23.0. The first-order valence-electron chi connectivity index (χ1n) is 12.2. The molecule has 10 atom stereocenters. The van der Waals surface area contributed by atoms with E-state index in [1.807, 2.05) is 34.6 Å². The quantitative estimate of drug-likeness (QED) is 0.591. The number of benzene rings is 1. The molecule has 6 nitrogen and oxygen atoms in total. The van der Waals surface area contributed by atoms with Crippen LogP contribution in [0.15, 0.2) is 30.3 Å². The number of ketones is 1. The van der Waals surface area contributed by atoms with Crippen molar-refractivity contribution in [2.75, 3.05) is 0 Å². The third kappa shape index (κ3) is 2.55. The van der Waals surface area contributed by atoms with Gasteiger partial charge in [-0.3, -0.25) is 4.79 Å². The summed E-state index contributed by atoms with van der Waals surface area (Å²) in [6, 6.07) is 8.52. The lowest BCUT2D eigenvalue weighted by Gasteiger charge is -2.72. The zero-order chi connectivity index (χ0) is 24.1. The van der Waals surface area contributed by atoms with Crippen molar-refractivity contribution in [3.05, 3.63) is 35.9 Å². The molecule has 1 aromatic carbocycles. The predicted molar refractivity (Wildman–Crippen MR) is 121 cm³/mol. The molecular weight excluding hydrogens is 420 g/mol. The van der Waals surface area contributed by atoms with E-state index in [0.717, 1.165) is 6.42 Å². The number of fused-ring (bicyclic) bond motifs is 4. The molecule has 33 heavy (non-hydrogen) atoms. The van der Waals surface area contributed by atoms with E-state index in [-0.39, 0.29) is 35.4 Å². The van der Waals surface area contributed by atoms with Gasteiger partial charge in [0, 0.05) is 16.7 Å². The first-order chi connectivity index (χ1) is 15.3. The average molecular weight is 457 g/mol. The van der Waals surface area contributed by atoms with Crippen LogP contribution >= 0.6 is 0 Å². The monoisotopic (exact) mass is 456 g/mol. The molecule has 4 aliphatic carbocycles. The lowest BCUT2D eigenvalue weighted by atomic mass is 9.32. The summed E-state index contributed by atoms with van der Waals surface area (Å²) in [5, 5.41) is 34.1. The van der Waals surface area contributed by atoms with Gasteiger partial charge in [0.1, 0.15) is 0 Å². The van der Waals surface area contributed by atoms with Crippen LogP contribution in [-0.4, -0.2) is 51.0 Å². The molecule has 0 unspecified atom stereocenters. The highest BCUT2D eigenvalue weighted by molar-refractivity contribution is 5.99. The minimum Gasteiger partial charge on any atom is -0.447 e. The number of carbonyl (C=O) groups excluding carboxylic acids is 2. The molecule has 4 aliphatic rings. The van der Waals surface area contributed by atoms with Crippen molar-refractivity contribution < 1.29 is 29.6 Å². The number of ether oxygens (including phenoxy) is 1. The van der Waals surface area contributed by atoms with Gasteiger partial charge in [0.2, 0.25) is 0 Å². The van der Waals surface area contributed by atoms with Crippen molar-refractivity contribution in [3.8, 4) is 0 Å². The molecule has 0 aromatic heterocycles. The van der Waals surface area contributed by atoms with Crippen LogP contribution in [-0.2, 0) is 9.53 Å². The van der Waals surface area contributed by atoms with E-state index in [0.29, 0.717) is 12.0 Å². The molecule has 0 amide bonds. The van der Waals surface area contributed by atoms with E-state index in [4.69, 9.17) is 4.74 Å². The zero-order valence-corrected chi connectivity index (χ0v) is 20.1. The largest absolute Gasteiger partial charge is 0.447 e. The summed E-state index contributed by atoms with van der Waals surface area (Å²) < 4.78 is 6.08. The summed E-state index contributed by atoms with van der Waals surface area (Å²) >= 11 is 0. The van der Waals surface area contributed by atoms with Crippen LogP contribution in [0.4, 0.5) is 0 Å². The van der Waals surface area contributed by atoms with Crippen molar-refractivity contribution in [1.82, 2.24) is 0 Å². The molecule has 0 saturated heterocycles. The molecule has 3 N–H and O–H groups in total. The Morgan fingerprint density at radius 3 is 2.27 bits per heavy atom. The van der Waals surface area contributed by atoms with Gasteiger partial charge in [0.25, 0.3) is 0 Å². The van der Waals surface area contributed by atoms with Gasteiger partial charge in [-0.2, -0.15) is 0 Å². The van der Waals surface area contributed by atoms with E-state index < -0.39 is 46.6 Å². The zero-order valence-electron chi connectivity index (χ0n) is 20.1. The minimum absolute atomic E-state index is 0.142. The standard InChI is InChI=1S/C27H36O6/c1-14-13-27(33-22(31)15-9-7-6-8-10-15)18(19(14)28)21(30)25(4)12-11-16-17(20(29)24(16,2)3)26(25,5)23(27)32/h6-10,14,16-21,28-30H,11-13H2,1-5H3/t14-,16+,17+,18-,19+,20-,21-,25+,26-,27-/m1/s1. The normalized spacial score (nSPS) is 49.9. The number of hydrogen-bond acceptors (Lipinski definition) is 6. The van der Waals surface area contributed by atoms with E-state index in [1.54, 1.807) is 30.3 Å². The fourth-order valence-corrected chi connectivity index (χ4v) is 8.32. The topological polar surface area (TPSA) is 104 Å². The van der Waals surface area contributed by atoms with Gasteiger partial charge >= 0.3 is 5.97 Å². The van der Waals surface area contributed by atoms with Gasteiger partial charge in [-0.15, -0.1) is 0 Å². The highest BCUT2D eigenvalue weighted by Gasteiger charge is 2.80. The molecule has 1 aromatic rings. The molecule has 5 rings (SSSR count). The fraction of sp³-hybridized carbons (Fsp3) is 0.704. The van der Waals surface area contributed by atoms with Crippen molar-refractivity contribution in [2.45, 2.75) is 77.8 Å². The summed E-state index contributed by atoms with van der Waals surface area (Å²) in [6.07, 6.45) is -1.11. The number of carbonyl (C=O) groups is 2. The molecule has 4 saturated carbocycles. The highest BCUT2D eigenvalue weighted by atomic mass is 16.6. The predicted octanol–water partition coefficient (Wildman–Crippen LogP) is 2.98.